The largest absolute Gasteiger partial charge is 0.497 e. The van der Waals surface area contributed by atoms with Gasteiger partial charge < -0.3 is 14.6 Å². The molecule has 0 aliphatic rings. The summed E-state index contributed by atoms with van der Waals surface area (Å²) in [6.07, 6.45) is 0.347. The third kappa shape index (κ3) is 3.83. The van der Waals surface area contributed by atoms with Crippen LogP contribution in [0, 0.1) is 13.8 Å². The van der Waals surface area contributed by atoms with Gasteiger partial charge in [0.25, 0.3) is 0 Å². The van der Waals surface area contributed by atoms with E-state index < -0.39 is 11.9 Å². The Hall–Kier alpha value is -2.49. The van der Waals surface area contributed by atoms with Gasteiger partial charge in [-0.05, 0) is 55.2 Å². The lowest BCUT2D eigenvalue weighted by atomic mass is 9.88. The highest BCUT2D eigenvalue weighted by Gasteiger charge is 2.24. The van der Waals surface area contributed by atoms with Crippen LogP contribution in [0.3, 0.4) is 0 Å². The van der Waals surface area contributed by atoms with Crippen LogP contribution < -0.4 is 9.47 Å². The van der Waals surface area contributed by atoms with Gasteiger partial charge in [0.15, 0.2) is 0 Å². The predicted molar refractivity (Wildman–Crippen MR) is 89.5 cm³/mol. The van der Waals surface area contributed by atoms with Crippen LogP contribution in [0.5, 0.6) is 11.5 Å². The first-order valence-corrected chi connectivity index (χ1v) is 7.47. The molecule has 0 saturated heterocycles. The number of rotatable bonds is 6. The van der Waals surface area contributed by atoms with Gasteiger partial charge >= 0.3 is 5.97 Å². The zero-order valence-corrected chi connectivity index (χ0v) is 13.9. The first-order valence-electron chi connectivity index (χ1n) is 7.47. The van der Waals surface area contributed by atoms with E-state index in [9.17, 15) is 9.90 Å². The number of carboxylic acids is 1. The van der Waals surface area contributed by atoms with Crippen LogP contribution in [-0.2, 0) is 11.2 Å². The van der Waals surface area contributed by atoms with Crippen molar-refractivity contribution in [3.63, 3.8) is 0 Å². The van der Waals surface area contributed by atoms with E-state index in [-0.39, 0.29) is 0 Å². The summed E-state index contributed by atoms with van der Waals surface area (Å²) in [7, 11) is 3.17. The first kappa shape index (κ1) is 16.9. The van der Waals surface area contributed by atoms with E-state index in [1.54, 1.807) is 26.4 Å². The summed E-state index contributed by atoms with van der Waals surface area (Å²) >= 11 is 0. The van der Waals surface area contributed by atoms with Crippen LogP contribution >= 0.6 is 0 Å². The average Bonchev–Trinajstić information content (AvgIpc) is 2.54. The molecule has 0 aliphatic carbocycles. The molecule has 0 saturated carbocycles. The Kier molecular flexibility index (Phi) is 5.27. The Morgan fingerprint density at radius 3 is 2.43 bits per heavy atom. The molecule has 0 fully saturated rings. The van der Waals surface area contributed by atoms with E-state index in [0.29, 0.717) is 17.9 Å². The predicted octanol–water partition coefficient (Wildman–Crippen LogP) is 3.73. The molecule has 0 heterocycles. The summed E-state index contributed by atoms with van der Waals surface area (Å²) < 4.78 is 10.6. The van der Waals surface area contributed by atoms with Crippen molar-refractivity contribution in [2.24, 2.45) is 0 Å². The van der Waals surface area contributed by atoms with Gasteiger partial charge in [0.05, 0.1) is 20.1 Å². The number of carboxylic acid groups (broad SMARTS) is 1. The Morgan fingerprint density at radius 2 is 1.83 bits per heavy atom. The maximum atomic E-state index is 11.8. The minimum Gasteiger partial charge on any atom is -0.497 e. The third-order valence-electron chi connectivity index (χ3n) is 4.02. The quantitative estimate of drug-likeness (QED) is 0.882. The van der Waals surface area contributed by atoms with Crippen molar-refractivity contribution in [3.05, 3.63) is 58.7 Å². The van der Waals surface area contributed by atoms with E-state index >= 15 is 0 Å². The lowest BCUT2D eigenvalue weighted by molar-refractivity contribution is -0.138. The maximum Gasteiger partial charge on any atom is 0.311 e. The minimum absolute atomic E-state index is 0.347. The van der Waals surface area contributed by atoms with Gasteiger partial charge in [0.1, 0.15) is 11.5 Å². The summed E-state index contributed by atoms with van der Waals surface area (Å²) in [6, 6.07) is 11.3. The second-order valence-electron chi connectivity index (χ2n) is 5.63. The number of carbonyl (C=O) groups is 1. The van der Waals surface area contributed by atoms with E-state index in [1.807, 2.05) is 38.1 Å². The van der Waals surface area contributed by atoms with Gasteiger partial charge in [-0.2, -0.15) is 0 Å². The molecule has 0 spiro atoms. The normalized spacial score (nSPS) is 11.8. The monoisotopic (exact) mass is 314 g/mol. The van der Waals surface area contributed by atoms with Crippen LogP contribution in [0.25, 0.3) is 0 Å². The zero-order chi connectivity index (χ0) is 17.0. The lowest BCUT2D eigenvalue weighted by Crippen LogP contribution is -2.16. The Balaban J connectivity index is 2.44. The molecule has 1 atom stereocenters. The molecule has 0 bridgehead atoms. The molecule has 2 rings (SSSR count). The number of hydrogen-bond acceptors (Lipinski definition) is 3. The number of methoxy groups -OCH3 is 2. The van der Waals surface area contributed by atoms with Crippen molar-refractivity contribution in [1.29, 1.82) is 0 Å². The van der Waals surface area contributed by atoms with Gasteiger partial charge in [-0.3, -0.25) is 4.79 Å². The Labute approximate surface area is 136 Å². The standard InChI is InChI=1S/C19H22O4/c1-12-5-6-13(2)16(9-12)17(19(20)21)11-14-10-15(22-3)7-8-18(14)23-4/h5-10,17H,11H2,1-4H3,(H,20,21). The Bertz CT molecular complexity index is 707. The third-order valence-corrected chi connectivity index (χ3v) is 4.02. The summed E-state index contributed by atoms with van der Waals surface area (Å²) in [6.45, 7) is 3.90. The van der Waals surface area contributed by atoms with E-state index in [1.165, 1.54) is 0 Å². The second kappa shape index (κ2) is 7.18. The SMILES string of the molecule is COc1ccc(OC)c(CC(C(=O)O)c2cc(C)ccc2C)c1. The molecule has 0 radical (unpaired) electrons. The van der Waals surface area contributed by atoms with Crippen molar-refractivity contribution in [1.82, 2.24) is 0 Å². The molecule has 2 aromatic rings. The fourth-order valence-corrected chi connectivity index (χ4v) is 2.73. The maximum absolute atomic E-state index is 11.8. The van der Waals surface area contributed by atoms with Gasteiger partial charge in [-0.1, -0.05) is 23.8 Å². The lowest BCUT2D eigenvalue weighted by Gasteiger charge is -2.18. The minimum atomic E-state index is -0.844. The first-order chi connectivity index (χ1) is 11.0. The van der Waals surface area contributed by atoms with Crippen LogP contribution in [0.2, 0.25) is 0 Å². The van der Waals surface area contributed by atoms with Gasteiger partial charge in [0, 0.05) is 0 Å². The molecule has 1 N–H and O–H groups in total. The van der Waals surface area contributed by atoms with E-state index in [2.05, 4.69) is 0 Å². The molecular formula is C19H22O4. The summed E-state index contributed by atoms with van der Waals surface area (Å²) in [5, 5.41) is 9.72. The van der Waals surface area contributed by atoms with Crippen LogP contribution in [-0.4, -0.2) is 25.3 Å². The topological polar surface area (TPSA) is 55.8 Å². The van der Waals surface area contributed by atoms with Crippen LogP contribution in [0.4, 0.5) is 0 Å². The zero-order valence-electron chi connectivity index (χ0n) is 13.9. The number of ether oxygens (including phenoxy) is 2. The molecule has 1 unspecified atom stereocenters. The molecule has 0 aromatic heterocycles. The Morgan fingerprint density at radius 1 is 1.09 bits per heavy atom. The number of aryl methyl sites for hydroxylation is 2. The summed E-state index contributed by atoms with van der Waals surface area (Å²) in [5.74, 6) is -0.118. The molecule has 0 aliphatic heterocycles. The number of hydrogen-bond donors (Lipinski definition) is 1. The van der Waals surface area contributed by atoms with Crippen molar-refractivity contribution in [2.75, 3.05) is 14.2 Å². The molecule has 4 nitrogen and oxygen atoms in total. The highest BCUT2D eigenvalue weighted by atomic mass is 16.5. The van der Waals surface area contributed by atoms with Crippen molar-refractivity contribution >= 4 is 5.97 Å². The summed E-state index contributed by atoms with van der Waals surface area (Å²) in [4.78, 5) is 11.8. The fraction of sp³-hybridized carbons (Fsp3) is 0.316. The fourth-order valence-electron chi connectivity index (χ4n) is 2.73. The number of benzene rings is 2. The van der Waals surface area contributed by atoms with Crippen molar-refractivity contribution < 1.29 is 19.4 Å². The van der Waals surface area contributed by atoms with Crippen molar-refractivity contribution in [3.8, 4) is 11.5 Å². The van der Waals surface area contributed by atoms with Gasteiger partial charge in [-0.15, -0.1) is 0 Å². The van der Waals surface area contributed by atoms with E-state index in [4.69, 9.17) is 9.47 Å². The van der Waals surface area contributed by atoms with Crippen molar-refractivity contribution in [2.45, 2.75) is 26.2 Å². The van der Waals surface area contributed by atoms with Crippen LogP contribution in [0.1, 0.15) is 28.2 Å². The van der Waals surface area contributed by atoms with Gasteiger partial charge in [-0.25, -0.2) is 0 Å². The smallest absolute Gasteiger partial charge is 0.311 e. The number of aliphatic carboxylic acids is 1. The van der Waals surface area contributed by atoms with Gasteiger partial charge in [0.2, 0.25) is 0 Å². The highest BCUT2D eigenvalue weighted by molar-refractivity contribution is 5.77. The molecule has 0 amide bonds. The molecule has 2 aromatic carbocycles. The average molecular weight is 314 g/mol. The molecule has 122 valence electrons. The molecular weight excluding hydrogens is 292 g/mol. The molecule has 4 heteroatoms. The van der Waals surface area contributed by atoms with E-state index in [0.717, 1.165) is 22.3 Å². The molecule has 23 heavy (non-hydrogen) atoms. The second-order valence-corrected chi connectivity index (χ2v) is 5.63. The van der Waals surface area contributed by atoms with Crippen LogP contribution in [0.15, 0.2) is 36.4 Å². The highest BCUT2D eigenvalue weighted by Crippen LogP contribution is 2.31. The summed E-state index contributed by atoms with van der Waals surface area (Å²) in [5.41, 5.74) is 3.68.